The summed E-state index contributed by atoms with van der Waals surface area (Å²) < 4.78 is 12.7. The second-order valence-corrected chi connectivity index (χ2v) is 3.85. The Morgan fingerprint density at radius 2 is 1.80 bits per heavy atom. The molecule has 1 aliphatic heterocycles. The lowest BCUT2D eigenvalue weighted by Gasteiger charge is -2.34. The van der Waals surface area contributed by atoms with Crippen molar-refractivity contribution < 1.29 is 14.6 Å². The van der Waals surface area contributed by atoms with Crippen molar-refractivity contribution in [3.8, 4) is 0 Å². The van der Waals surface area contributed by atoms with Gasteiger partial charge in [-0.2, -0.15) is 0 Å². The van der Waals surface area contributed by atoms with Crippen molar-refractivity contribution >= 4 is 5.69 Å². The van der Waals surface area contributed by atoms with Gasteiger partial charge < -0.3 is 15.1 Å². The molecule has 15 heavy (non-hydrogen) atoms. The predicted octanol–water partition coefficient (Wildman–Crippen LogP) is 0.758. The van der Waals surface area contributed by atoms with Gasteiger partial charge in [0.1, 0.15) is 5.82 Å². The Bertz CT molecular complexity index is 328. The highest BCUT2D eigenvalue weighted by Crippen LogP contribution is 2.20. The maximum Gasteiger partial charge on any atom is 0.123 e. The van der Waals surface area contributed by atoms with Gasteiger partial charge in [0.25, 0.3) is 0 Å². The molecule has 2 unspecified atom stereocenters. The van der Waals surface area contributed by atoms with E-state index in [9.17, 15) is 14.6 Å². The van der Waals surface area contributed by atoms with Gasteiger partial charge in [0.15, 0.2) is 0 Å². The van der Waals surface area contributed by atoms with Gasteiger partial charge in [-0.25, -0.2) is 4.39 Å². The van der Waals surface area contributed by atoms with Gasteiger partial charge in [0.05, 0.1) is 12.2 Å². The van der Waals surface area contributed by atoms with E-state index in [4.69, 9.17) is 0 Å². The molecular formula is C11H14FNO2. The fourth-order valence-corrected chi connectivity index (χ4v) is 1.81. The molecular weight excluding hydrogens is 197 g/mol. The number of nitrogens with zero attached hydrogens (tertiary/aromatic N) is 1. The Labute approximate surface area is 87.8 Å². The van der Waals surface area contributed by atoms with Crippen molar-refractivity contribution in [2.24, 2.45) is 0 Å². The van der Waals surface area contributed by atoms with Crippen LogP contribution in [0.3, 0.4) is 0 Å². The number of aliphatic hydroxyl groups excluding tert-OH is 2. The van der Waals surface area contributed by atoms with E-state index in [0.29, 0.717) is 19.5 Å². The maximum atomic E-state index is 12.7. The Morgan fingerprint density at radius 1 is 1.13 bits per heavy atom. The van der Waals surface area contributed by atoms with E-state index >= 15 is 0 Å². The van der Waals surface area contributed by atoms with Crippen LogP contribution in [-0.4, -0.2) is 35.5 Å². The van der Waals surface area contributed by atoms with E-state index in [1.807, 2.05) is 4.90 Å². The van der Waals surface area contributed by atoms with Crippen molar-refractivity contribution in [1.82, 2.24) is 0 Å². The molecule has 4 heteroatoms. The van der Waals surface area contributed by atoms with Crippen molar-refractivity contribution in [1.29, 1.82) is 0 Å². The number of β-amino-alcohol motifs (C(OH)–C–C–N with tert-alkyl or cyclic N) is 1. The van der Waals surface area contributed by atoms with Crippen molar-refractivity contribution in [3.63, 3.8) is 0 Å². The zero-order valence-corrected chi connectivity index (χ0v) is 8.31. The van der Waals surface area contributed by atoms with E-state index in [0.717, 1.165) is 5.69 Å². The van der Waals surface area contributed by atoms with Crippen LogP contribution in [0.1, 0.15) is 6.42 Å². The Kier molecular flexibility index (Phi) is 2.88. The zero-order valence-electron chi connectivity index (χ0n) is 8.31. The third kappa shape index (κ3) is 2.27. The van der Waals surface area contributed by atoms with Crippen LogP contribution in [0.2, 0.25) is 0 Å². The van der Waals surface area contributed by atoms with E-state index in [2.05, 4.69) is 0 Å². The van der Waals surface area contributed by atoms with Crippen LogP contribution >= 0.6 is 0 Å². The average Bonchev–Trinajstić information content (AvgIpc) is 2.23. The van der Waals surface area contributed by atoms with Gasteiger partial charge in [-0.1, -0.05) is 0 Å². The van der Waals surface area contributed by atoms with Crippen LogP contribution in [0.15, 0.2) is 24.3 Å². The van der Waals surface area contributed by atoms with E-state index in [-0.39, 0.29) is 5.82 Å². The molecule has 0 bridgehead atoms. The van der Waals surface area contributed by atoms with Gasteiger partial charge >= 0.3 is 0 Å². The number of piperidine rings is 1. The molecule has 1 saturated heterocycles. The summed E-state index contributed by atoms with van der Waals surface area (Å²) in [6, 6.07) is 6.15. The largest absolute Gasteiger partial charge is 0.390 e. The molecule has 0 radical (unpaired) electrons. The number of anilines is 1. The van der Waals surface area contributed by atoms with Crippen molar-refractivity contribution in [3.05, 3.63) is 30.1 Å². The molecule has 0 amide bonds. The fourth-order valence-electron chi connectivity index (χ4n) is 1.81. The summed E-state index contributed by atoms with van der Waals surface area (Å²) in [5.41, 5.74) is 0.877. The van der Waals surface area contributed by atoms with E-state index < -0.39 is 12.2 Å². The van der Waals surface area contributed by atoms with Crippen LogP contribution in [0.25, 0.3) is 0 Å². The molecule has 1 fully saturated rings. The maximum absolute atomic E-state index is 12.7. The minimum absolute atomic E-state index is 0.267. The monoisotopic (exact) mass is 211 g/mol. The van der Waals surface area contributed by atoms with Crippen molar-refractivity contribution in [2.75, 3.05) is 18.0 Å². The molecule has 2 rings (SSSR count). The second-order valence-electron chi connectivity index (χ2n) is 3.85. The minimum Gasteiger partial charge on any atom is -0.390 e. The molecule has 2 atom stereocenters. The molecule has 0 spiro atoms. The highest BCUT2D eigenvalue weighted by molar-refractivity contribution is 5.46. The second kappa shape index (κ2) is 4.16. The Morgan fingerprint density at radius 3 is 2.40 bits per heavy atom. The number of hydrogen-bond donors (Lipinski definition) is 2. The van der Waals surface area contributed by atoms with E-state index in [1.54, 1.807) is 12.1 Å². The van der Waals surface area contributed by atoms with Crippen LogP contribution in [-0.2, 0) is 0 Å². The zero-order chi connectivity index (χ0) is 10.8. The van der Waals surface area contributed by atoms with Gasteiger partial charge in [-0.15, -0.1) is 0 Å². The normalized spacial score (nSPS) is 26.7. The summed E-state index contributed by atoms with van der Waals surface area (Å²) in [4.78, 5) is 1.94. The summed E-state index contributed by atoms with van der Waals surface area (Å²) >= 11 is 0. The quantitative estimate of drug-likeness (QED) is 0.720. The Balaban J connectivity index is 2.08. The van der Waals surface area contributed by atoms with Gasteiger partial charge in [0, 0.05) is 18.8 Å². The number of rotatable bonds is 1. The SMILES string of the molecule is OC1CCN(c2ccc(F)cc2)CC1O. The smallest absolute Gasteiger partial charge is 0.123 e. The standard InChI is InChI=1S/C11H14FNO2/c12-8-1-3-9(4-2-8)13-6-5-10(14)11(15)7-13/h1-4,10-11,14-15H,5-7H2. The average molecular weight is 211 g/mol. The van der Waals surface area contributed by atoms with E-state index in [1.165, 1.54) is 12.1 Å². The third-order valence-electron chi connectivity index (χ3n) is 2.74. The van der Waals surface area contributed by atoms with Gasteiger partial charge in [-0.3, -0.25) is 0 Å². The number of benzene rings is 1. The number of hydrogen-bond acceptors (Lipinski definition) is 3. The molecule has 82 valence electrons. The molecule has 3 nitrogen and oxygen atoms in total. The summed E-state index contributed by atoms with van der Waals surface area (Å²) in [6.07, 6.45) is -0.816. The Hall–Kier alpha value is -1.13. The topological polar surface area (TPSA) is 43.7 Å². The molecule has 2 N–H and O–H groups in total. The van der Waals surface area contributed by atoms with Crippen LogP contribution in [0.4, 0.5) is 10.1 Å². The minimum atomic E-state index is -0.719. The lowest BCUT2D eigenvalue weighted by atomic mass is 10.0. The van der Waals surface area contributed by atoms with Crippen LogP contribution < -0.4 is 4.90 Å². The first-order chi connectivity index (χ1) is 7.16. The molecule has 0 aromatic heterocycles. The summed E-state index contributed by atoms with van der Waals surface area (Å²) in [6.45, 7) is 1.08. The molecule has 0 saturated carbocycles. The van der Waals surface area contributed by atoms with Crippen LogP contribution in [0, 0.1) is 5.82 Å². The lowest BCUT2D eigenvalue weighted by Crippen LogP contribution is -2.46. The summed E-state index contributed by atoms with van der Waals surface area (Å²) in [7, 11) is 0. The highest BCUT2D eigenvalue weighted by Gasteiger charge is 2.25. The highest BCUT2D eigenvalue weighted by atomic mass is 19.1. The molecule has 1 aromatic carbocycles. The first-order valence-corrected chi connectivity index (χ1v) is 5.03. The summed E-state index contributed by atoms with van der Waals surface area (Å²) in [5.74, 6) is -0.267. The van der Waals surface area contributed by atoms with Crippen LogP contribution in [0.5, 0.6) is 0 Å². The fraction of sp³-hybridized carbons (Fsp3) is 0.455. The first kappa shape index (κ1) is 10.4. The van der Waals surface area contributed by atoms with Gasteiger partial charge in [0.2, 0.25) is 0 Å². The molecule has 1 aromatic rings. The number of aliphatic hydroxyl groups is 2. The third-order valence-corrected chi connectivity index (χ3v) is 2.74. The van der Waals surface area contributed by atoms with Crippen molar-refractivity contribution in [2.45, 2.75) is 18.6 Å². The molecule has 1 heterocycles. The first-order valence-electron chi connectivity index (χ1n) is 5.03. The molecule has 1 aliphatic rings. The lowest BCUT2D eigenvalue weighted by molar-refractivity contribution is 0.00802. The number of halogens is 1. The predicted molar refractivity (Wildman–Crippen MR) is 55.2 cm³/mol. The molecule has 0 aliphatic carbocycles. The summed E-state index contributed by atoms with van der Waals surface area (Å²) in [5, 5.41) is 18.8. The van der Waals surface area contributed by atoms with Gasteiger partial charge in [-0.05, 0) is 30.7 Å².